The van der Waals surface area contributed by atoms with Gasteiger partial charge >= 0.3 is 0 Å². The Kier molecular flexibility index (Phi) is 3.22. The number of furan rings is 1. The smallest absolute Gasteiger partial charge is 0.163 e. The average Bonchev–Trinajstić information content (AvgIpc) is 3.12. The fourth-order valence-electron chi connectivity index (χ4n) is 2.38. The SMILES string of the molecule is CC(=O)c1ccc(N(Cc2ccco2)C2CC2)cc1O. The first kappa shape index (κ1) is 12.8. The highest BCUT2D eigenvalue weighted by molar-refractivity contribution is 5.97. The number of carbonyl (C=O) groups excluding carboxylic acids is 1. The summed E-state index contributed by atoms with van der Waals surface area (Å²) in [5.74, 6) is 0.810. The Morgan fingerprint density at radius 3 is 2.75 bits per heavy atom. The number of aromatic hydroxyl groups is 1. The number of benzene rings is 1. The minimum atomic E-state index is -0.127. The van der Waals surface area contributed by atoms with Crippen LogP contribution in [0.5, 0.6) is 5.75 Å². The molecule has 0 bridgehead atoms. The molecule has 1 fully saturated rings. The number of phenols is 1. The van der Waals surface area contributed by atoms with Crippen molar-refractivity contribution in [1.29, 1.82) is 0 Å². The molecule has 0 unspecified atom stereocenters. The van der Waals surface area contributed by atoms with Crippen molar-refractivity contribution in [2.45, 2.75) is 32.4 Å². The van der Waals surface area contributed by atoms with Crippen LogP contribution < -0.4 is 4.90 Å². The van der Waals surface area contributed by atoms with Gasteiger partial charge in [0.05, 0.1) is 18.4 Å². The fraction of sp³-hybridized carbons (Fsp3) is 0.312. The Morgan fingerprint density at radius 2 is 2.20 bits per heavy atom. The third kappa shape index (κ3) is 2.54. The van der Waals surface area contributed by atoms with Crippen molar-refractivity contribution < 1.29 is 14.3 Å². The summed E-state index contributed by atoms with van der Waals surface area (Å²) in [4.78, 5) is 13.6. The molecule has 1 saturated carbocycles. The van der Waals surface area contributed by atoms with Crippen molar-refractivity contribution in [1.82, 2.24) is 0 Å². The lowest BCUT2D eigenvalue weighted by Gasteiger charge is -2.24. The monoisotopic (exact) mass is 271 g/mol. The predicted octanol–water partition coefficient (Wildman–Crippen LogP) is 3.36. The Balaban J connectivity index is 1.88. The summed E-state index contributed by atoms with van der Waals surface area (Å²) in [6, 6.07) is 9.54. The van der Waals surface area contributed by atoms with Crippen LogP contribution >= 0.6 is 0 Å². The summed E-state index contributed by atoms with van der Waals surface area (Å²) in [7, 11) is 0. The molecule has 0 aliphatic heterocycles. The van der Waals surface area contributed by atoms with Crippen molar-refractivity contribution in [2.24, 2.45) is 0 Å². The summed E-state index contributed by atoms with van der Waals surface area (Å²) in [6.07, 6.45) is 3.96. The van der Waals surface area contributed by atoms with E-state index in [1.54, 1.807) is 18.4 Å². The van der Waals surface area contributed by atoms with Gasteiger partial charge in [-0.1, -0.05) is 0 Å². The molecule has 0 spiro atoms. The number of hydrogen-bond acceptors (Lipinski definition) is 4. The minimum Gasteiger partial charge on any atom is -0.507 e. The number of ketones is 1. The molecular weight excluding hydrogens is 254 g/mol. The second-order valence-electron chi connectivity index (χ2n) is 5.20. The first-order valence-corrected chi connectivity index (χ1v) is 6.78. The van der Waals surface area contributed by atoms with Crippen molar-refractivity contribution in [3.63, 3.8) is 0 Å². The van der Waals surface area contributed by atoms with E-state index >= 15 is 0 Å². The van der Waals surface area contributed by atoms with Gasteiger partial charge in [0, 0.05) is 17.8 Å². The van der Waals surface area contributed by atoms with E-state index in [1.807, 2.05) is 18.2 Å². The van der Waals surface area contributed by atoms with Crippen LogP contribution in [-0.2, 0) is 6.54 Å². The van der Waals surface area contributed by atoms with Crippen molar-refractivity contribution >= 4 is 11.5 Å². The van der Waals surface area contributed by atoms with Crippen LogP contribution in [0.2, 0.25) is 0 Å². The van der Waals surface area contributed by atoms with Crippen molar-refractivity contribution in [2.75, 3.05) is 4.90 Å². The number of anilines is 1. The fourth-order valence-corrected chi connectivity index (χ4v) is 2.38. The Hall–Kier alpha value is -2.23. The minimum absolute atomic E-state index is 0.0418. The second kappa shape index (κ2) is 5.04. The number of phenolic OH excluding ortho intramolecular Hbond substituents is 1. The zero-order valence-corrected chi connectivity index (χ0v) is 11.4. The molecule has 1 N–H and O–H groups in total. The first-order chi connectivity index (χ1) is 9.65. The van der Waals surface area contributed by atoms with Gasteiger partial charge in [-0.05, 0) is 44.0 Å². The van der Waals surface area contributed by atoms with Gasteiger partial charge in [-0.2, -0.15) is 0 Å². The largest absolute Gasteiger partial charge is 0.507 e. The molecule has 1 aliphatic rings. The van der Waals surface area contributed by atoms with Crippen LogP contribution in [0.25, 0.3) is 0 Å². The van der Waals surface area contributed by atoms with Crippen LogP contribution in [0.3, 0.4) is 0 Å². The topological polar surface area (TPSA) is 53.7 Å². The number of carbonyl (C=O) groups is 1. The molecule has 4 nitrogen and oxygen atoms in total. The molecule has 1 aliphatic carbocycles. The molecule has 0 atom stereocenters. The lowest BCUT2D eigenvalue weighted by molar-refractivity contribution is 0.101. The molecule has 104 valence electrons. The maximum atomic E-state index is 11.4. The lowest BCUT2D eigenvalue weighted by atomic mass is 10.1. The van der Waals surface area contributed by atoms with Gasteiger partial charge in [-0.15, -0.1) is 0 Å². The Morgan fingerprint density at radius 1 is 1.40 bits per heavy atom. The average molecular weight is 271 g/mol. The Labute approximate surface area is 117 Å². The molecule has 1 aromatic carbocycles. The van der Waals surface area contributed by atoms with Crippen molar-refractivity contribution in [3.8, 4) is 5.75 Å². The van der Waals surface area contributed by atoms with Crippen LogP contribution in [0.4, 0.5) is 5.69 Å². The van der Waals surface area contributed by atoms with Gasteiger partial charge in [0.2, 0.25) is 0 Å². The third-order valence-electron chi connectivity index (χ3n) is 3.59. The third-order valence-corrected chi connectivity index (χ3v) is 3.59. The molecule has 0 amide bonds. The van der Waals surface area contributed by atoms with Crippen LogP contribution in [-0.4, -0.2) is 16.9 Å². The summed E-state index contributed by atoms with van der Waals surface area (Å²) in [5, 5.41) is 9.97. The molecular formula is C16H17NO3. The van der Waals surface area contributed by atoms with Gasteiger partial charge < -0.3 is 14.4 Å². The van der Waals surface area contributed by atoms with Gasteiger partial charge in [-0.25, -0.2) is 0 Å². The van der Waals surface area contributed by atoms with E-state index in [0.717, 1.165) is 24.3 Å². The number of nitrogens with zero attached hydrogens (tertiary/aromatic N) is 1. The molecule has 1 aromatic heterocycles. The standard InChI is InChI=1S/C16H17NO3/c1-11(18)15-7-6-13(9-16(15)19)17(12-4-5-12)10-14-3-2-8-20-14/h2-3,6-9,12,19H,4-5,10H2,1H3. The quantitative estimate of drug-likeness (QED) is 0.847. The highest BCUT2D eigenvalue weighted by atomic mass is 16.3. The summed E-state index contributed by atoms with van der Waals surface area (Å²) in [5.41, 5.74) is 1.29. The maximum absolute atomic E-state index is 11.4. The van der Waals surface area contributed by atoms with E-state index in [0.29, 0.717) is 18.2 Å². The molecule has 0 radical (unpaired) electrons. The highest BCUT2D eigenvalue weighted by Gasteiger charge is 2.30. The molecule has 1 heterocycles. The zero-order chi connectivity index (χ0) is 14.1. The zero-order valence-electron chi connectivity index (χ0n) is 11.4. The van der Waals surface area contributed by atoms with E-state index < -0.39 is 0 Å². The molecule has 2 aromatic rings. The second-order valence-corrected chi connectivity index (χ2v) is 5.20. The van der Waals surface area contributed by atoms with Crippen LogP contribution in [0.1, 0.15) is 35.9 Å². The molecule has 4 heteroatoms. The van der Waals surface area contributed by atoms with Gasteiger partial charge in [0.25, 0.3) is 0 Å². The van der Waals surface area contributed by atoms with Crippen LogP contribution in [0.15, 0.2) is 41.0 Å². The summed E-state index contributed by atoms with van der Waals surface area (Å²) in [6.45, 7) is 2.13. The van der Waals surface area contributed by atoms with E-state index in [9.17, 15) is 9.90 Å². The van der Waals surface area contributed by atoms with E-state index in [1.165, 1.54) is 6.92 Å². The van der Waals surface area contributed by atoms with Crippen molar-refractivity contribution in [3.05, 3.63) is 47.9 Å². The number of rotatable bonds is 5. The van der Waals surface area contributed by atoms with Crippen LogP contribution in [0, 0.1) is 0 Å². The van der Waals surface area contributed by atoms with E-state index in [-0.39, 0.29) is 11.5 Å². The molecule has 20 heavy (non-hydrogen) atoms. The van der Waals surface area contributed by atoms with Gasteiger partial charge in [0.15, 0.2) is 5.78 Å². The number of hydrogen-bond donors (Lipinski definition) is 1. The number of Topliss-reactive ketones (excluding diaryl/α,β-unsaturated/α-hetero) is 1. The normalized spacial score (nSPS) is 14.2. The van der Waals surface area contributed by atoms with Gasteiger partial charge in [-0.3, -0.25) is 4.79 Å². The molecule has 0 saturated heterocycles. The summed E-state index contributed by atoms with van der Waals surface area (Å²) < 4.78 is 5.40. The highest BCUT2D eigenvalue weighted by Crippen LogP contribution is 2.35. The Bertz CT molecular complexity index is 615. The lowest BCUT2D eigenvalue weighted by Crippen LogP contribution is -2.24. The van der Waals surface area contributed by atoms with E-state index in [2.05, 4.69) is 4.90 Å². The predicted molar refractivity (Wildman–Crippen MR) is 76.0 cm³/mol. The van der Waals surface area contributed by atoms with E-state index in [4.69, 9.17) is 4.42 Å². The first-order valence-electron chi connectivity index (χ1n) is 6.78. The maximum Gasteiger partial charge on any atom is 0.163 e. The summed E-state index contributed by atoms with van der Waals surface area (Å²) >= 11 is 0. The molecule has 3 rings (SSSR count). The van der Waals surface area contributed by atoms with Gasteiger partial charge in [0.1, 0.15) is 11.5 Å².